The van der Waals surface area contributed by atoms with Crippen molar-refractivity contribution >= 4 is 13.2 Å². The van der Waals surface area contributed by atoms with Crippen molar-refractivity contribution < 1.29 is 18.8 Å². The zero-order chi connectivity index (χ0) is 15.8. The number of piperidine rings is 1. The van der Waals surface area contributed by atoms with Crippen LogP contribution in [-0.4, -0.2) is 43.1 Å². The molecule has 0 unspecified atom stereocenters. The first-order valence-electron chi connectivity index (χ1n) is 7.85. The van der Waals surface area contributed by atoms with Crippen molar-refractivity contribution in [2.24, 2.45) is 5.41 Å². The van der Waals surface area contributed by atoms with E-state index in [2.05, 4.69) is 20.8 Å². The summed E-state index contributed by atoms with van der Waals surface area (Å²) in [7, 11) is -0.102. The Morgan fingerprint density at radius 2 is 1.62 bits per heavy atom. The average molecular weight is 297 g/mol. The van der Waals surface area contributed by atoms with Gasteiger partial charge in [0.15, 0.2) is 0 Å². The minimum Gasteiger partial charge on any atom is -0.444 e. The summed E-state index contributed by atoms with van der Waals surface area (Å²) in [6, 6.07) is 0. The van der Waals surface area contributed by atoms with E-state index in [0.717, 1.165) is 12.8 Å². The van der Waals surface area contributed by atoms with Crippen molar-refractivity contribution in [2.75, 3.05) is 13.1 Å². The van der Waals surface area contributed by atoms with Gasteiger partial charge in [0.2, 0.25) is 0 Å². The molecule has 0 N–H and O–H groups in total. The van der Waals surface area contributed by atoms with E-state index in [1.54, 1.807) is 4.90 Å². The van der Waals surface area contributed by atoms with Gasteiger partial charge in [0, 0.05) is 18.5 Å². The molecule has 0 spiro atoms. The number of rotatable bonds is 1. The van der Waals surface area contributed by atoms with E-state index in [-0.39, 0.29) is 24.9 Å². The molecule has 0 bridgehead atoms. The molecule has 21 heavy (non-hydrogen) atoms. The first-order chi connectivity index (χ1) is 9.56. The summed E-state index contributed by atoms with van der Waals surface area (Å²) >= 11 is 0. The highest BCUT2D eigenvalue weighted by molar-refractivity contribution is 6.48. The molecule has 0 aromatic rings. The smallest absolute Gasteiger partial charge is 0.444 e. The Balaban J connectivity index is 1.74. The fraction of sp³-hybridized carbons (Fsp3) is 0.933. The number of carbonyl (C=O) groups is 1. The fourth-order valence-electron chi connectivity index (χ4n) is 2.56. The molecule has 0 aromatic carbocycles. The highest BCUT2D eigenvalue weighted by Crippen LogP contribution is 2.38. The third-order valence-electron chi connectivity index (χ3n) is 3.80. The van der Waals surface area contributed by atoms with Crippen LogP contribution >= 0.6 is 0 Å². The number of likely N-dealkylation sites (tertiary alicyclic amines) is 1. The molecule has 2 rings (SSSR count). The van der Waals surface area contributed by atoms with E-state index in [4.69, 9.17) is 14.0 Å². The van der Waals surface area contributed by atoms with Gasteiger partial charge in [0.05, 0.1) is 0 Å². The summed E-state index contributed by atoms with van der Waals surface area (Å²) in [6.45, 7) is 13.4. The molecule has 6 heteroatoms. The number of carbonyl (C=O) groups excluding carboxylic acids is 1. The molecule has 2 saturated heterocycles. The van der Waals surface area contributed by atoms with Crippen LogP contribution in [-0.2, 0) is 14.0 Å². The predicted octanol–water partition coefficient (Wildman–Crippen LogP) is 3.29. The third-order valence-corrected chi connectivity index (χ3v) is 3.80. The maximum absolute atomic E-state index is 12.0. The van der Waals surface area contributed by atoms with Crippen molar-refractivity contribution in [3.05, 3.63) is 0 Å². The standard InChI is InChI=1S/C15H28BNO4/c1-14(2,3)12-20-16(21-12)11-7-9-17(10-8-11)13(18)19-15(4,5)6/h11-12H,7-10H2,1-6H3. The molecule has 5 nitrogen and oxygen atoms in total. The van der Waals surface area contributed by atoms with Crippen LogP contribution in [0.1, 0.15) is 54.4 Å². The van der Waals surface area contributed by atoms with E-state index in [1.165, 1.54) is 0 Å². The molecular formula is C15H28BNO4. The monoisotopic (exact) mass is 297 g/mol. The minimum absolute atomic E-state index is 0.0215. The van der Waals surface area contributed by atoms with E-state index in [9.17, 15) is 4.79 Å². The van der Waals surface area contributed by atoms with Gasteiger partial charge in [-0.3, -0.25) is 0 Å². The van der Waals surface area contributed by atoms with Gasteiger partial charge in [-0.25, -0.2) is 4.79 Å². The Bertz CT molecular complexity index is 374. The minimum atomic E-state index is -0.436. The van der Waals surface area contributed by atoms with Crippen LogP contribution in [0.2, 0.25) is 5.82 Å². The number of nitrogens with zero attached hydrogens (tertiary/aromatic N) is 1. The Kier molecular flexibility index (Phi) is 4.59. The summed E-state index contributed by atoms with van der Waals surface area (Å²) < 4.78 is 17.1. The maximum Gasteiger partial charge on any atom is 0.464 e. The van der Waals surface area contributed by atoms with Gasteiger partial charge in [-0.15, -0.1) is 0 Å². The summed E-state index contributed by atoms with van der Waals surface area (Å²) in [5, 5.41) is 0. The Labute approximate surface area is 128 Å². The number of ether oxygens (including phenoxy) is 1. The van der Waals surface area contributed by atoms with Gasteiger partial charge < -0.3 is 18.9 Å². The number of amides is 1. The summed E-state index contributed by atoms with van der Waals surface area (Å²) in [6.07, 6.45) is 1.48. The zero-order valence-corrected chi connectivity index (χ0v) is 14.1. The van der Waals surface area contributed by atoms with Crippen LogP contribution in [0.5, 0.6) is 0 Å². The Hall–Kier alpha value is -0.745. The van der Waals surface area contributed by atoms with Crippen LogP contribution in [0.3, 0.4) is 0 Å². The molecule has 2 heterocycles. The highest BCUT2D eigenvalue weighted by Gasteiger charge is 2.48. The second-order valence-corrected chi connectivity index (χ2v) is 8.14. The molecule has 2 fully saturated rings. The SMILES string of the molecule is CC(C)(C)OC(=O)N1CCC(B2OC(C(C)(C)C)O2)CC1. The van der Waals surface area contributed by atoms with E-state index in [0.29, 0.717) is 18.9 Å². The molecular weight excluding hydrogens is 269 g/mol. The number of hydrogen-bond acceptors (Lipinski definition) is 4. The van der Waals surface area contributed by atoms with Gasteiger partial charge in [0.25, 0.3) is 0 Å². The molecule has 0 aromatic heterocycles. The molecule has 0 atom stereocenters. The number of hydrogen-bond donors (Lipinski definition) is 0. The van der Waals surface area contributed by atoms with Crippen molar-refractivity contribution in [2.45, 2.75) is 72.1 Å². The van der Waals surface area contributed by atoms with E-state index >= 15 is 0 Å². The summed E-state index contributed by atoms with van der Waals surface area (Å²) in [5.41, 5.74) is -0.415. The topological polar surface area (TPSA) is 48.0 Å². The molecule has 120 valence electrons. The third kappa shape index (κ3) is 4.36. The molecule has 2 aliphatic rings. The van der Waals surface area contributed by atoms with Crippen LogP contribution in [0, 0.1) is 5.41 Å². The highest BCUT2D eigenvalue weighted by atomic mass is 16.8. The van der Waals surface area contributed by atoms with Crippen LogP contribution in [0.15, 0.2) is 0 Å². The van der Waals surface area contributed by atoms with Gasteiger partial charge >= 0.3 is 13.2 Å². The lowest BCUT2D eigenvalue weighted by molar-refractivity contribution is -0.177. The second kappa shape index (κ2) is 5.80. The van der Waals surface area contributed by atoms with E-state index in [1.807, 2.05) is 20.8 Å². The van der Waals surface area contributed by atoms with Crippen LogP contribution in [0.25, 0.3) is 0 Å². The molecule has 2 aliphatic heterocycles. The van der Waals surface area contributed by atoms with Crippen molar-refractivity contribution in [1.82, 2.24) is 4.90 Å². The van der Waals surface area contributed by atoms with Crippen molar-refractivity contribution in [1.29, 1.82) is 0 Å². The molecule has 1 amide bonds. The first-order valence-corrected chi connectivity index (χ1v) is 7.85. The van der Waals surface area contributed by atoms with Crippen molar-refractivity contribution in [3.63, 3.8) is 0 Å². The van der Waals surface area contributed by atoms with Gasteiger partial charge in [-0.2, -0.15) is 0 Å². The first kappa shape index (κ1) is 16.6. The fourth-order valence-corrected chi connectivity index (χ4v) is 2.56. The quantitative estimate of drug-likeness (QED) is 0.697. The summed E-state index contributed by atoms with van der Waals surface area (Å²) in [4.78, 5) is 13.8. The lowest BCUT2D eigenvalue weighted by Crippen LogP contribution is -2.55. The summed E-state index contributed by atoms with van der Waals surface area (Å²) in [5.74, 6) is 0.377. The van der Waals surface area contributed by atoms with Crippen LogP contribution in [0.4, 0.5) is 4.79 Å². The van der Waals surface area contributed by atoms with Gasteiger partial charge in [-0.05, 0) is 39.4 Å². The lowest BCUT2D eigenvalue weighted by Gasteiger charge is -2.46. The largest absolute Gasteiger partial charge is 0.464 e. The maximum atomic E-state index is 12.0. The second-order valence-electron chi connectivity index (χ2n) is 8.14. The van der Waals surface area contributed by atoms with Gasteiger partial charge in [-0.1, -0.05) is 20.8 Å². The molecule has 0 radical (unpaired) electrons. The van der Waals surface area contributed by atoms with Crippen LogP contribution < -0.4 is 0 Å². The van der Waals surface area contributed by atoms with Crippen molar-refractivity contribution in [3.8, 4) is 0 Å². The average Bonchev–Trinajstić information content (AvgIpc) is 2.23. The normalized spacial score (nSPS) is 22.2. The zero-order valence-electron chi connectivity index (χ0n) is 14.1. The molecule has 0 saturated carbocycles. The van der Waals surface area contributed by atoms with E-state index < -0.39 is 5.60 Å². The molecule has 0 aliphatic carbocycles. The predicted molar refractivity (Wildman–Crippen MR) is 82.0 cm³/mol. The lowest BCUT2D eigenvalue weighted by atomic mass is 9.64. The Morgan fingerprint density at radius 1 is 1.10 bits per heavy atom. The Morgan fingerprint density at radius 3 is 2.05 bits per heavy atom. The van der Waals surface area contributed by atoms with Gasteiger partial charge in [0.1, 0.15) is 11.9 Å².